The van der Waals surface area contributed by atoms with Crippen LogP contribution in [0.1, 0.15) is 30.5 Å². The fraction of sp³-hybridized carbons (Fsp3) is 0.368. The average molecular weight is 349 g/mol. The van der Waals surface area contributed by atoms with Crippen LogP contribution in [0, 0.1) is 0 Å². The summed E-state index contributed by atoms with van der Waals surface area (Å²) in [6.07, 6.45) is 1.13. The molecule has 122 valence electrons. The van der Waals surface area contributed by atoms with E-state index in [2.05, 4.69) is 41.4 Å². The molecule has 1 saturated heterocycles. The quantitative estimate of drug-likeness (QED) is 0.856. The minimum Gasteiger partial charge on any atom is -0.314 e. The molecular formula is C19H22Cl2N2. The Balaban J connectivity index is 2.01. The van der Waals surface area contributed by atoms with E-state index in [0.29, 0.717) is 6.04 Å². The monoisotopic (exact) mass is 348 g/mol. The summed E-state index contributed by atoms with van der Waals surface area (Å²) in [5.74, 6) is 0. The standard InChI is InChI=1S/C19H22Cl2N2/c1-2-18-13-22-11-12-23(18)19(14-3-7-16(20)8-4-14)15-5-9-17(21)10-6-15/h3-10,18-19,22H,2,11-13H2,1H3/t18-/m1/s1. The van der Waals surface area contributed by atoms with Crippen LogP contribution in [0.4, 0.5) is 0 Å². The number of hydrogen-bond acceptors (Lipinski definition) is 2. The number of rotatable bonds is 4. The zero-order chi connectivity index (χ0) is 16.2. The Morgan fingerprint density at radius 2 is 1.52 bits per heavy atom. The van der Waals surface area contributed by atoms with Gasteiger partial charge in [-0.15, -0.1) is 0 Å². The maximum absolute atomic E-state index is 6.08. The molecule has 0 bridgehead atoms. The molecule has 0 radical (unpaired) electrons. The van der Waals surface area contributed by atoms with Gasteiger partial charge in [0.15, 0.2) is 0 Å². The van der Waals surface area contributed by atoms with E-state index in [4.69, 9.17) is 23.2 Å². The van der Waals surface area contributed by atoms with Crippen molar-refractivity contribution >= 4 is 23.2 Å². The molecule has 2 aromatic rings. The van der Waals surface area contributed by atoms with Crippen molar-refractivity contribution in [2.75, 3.05) is 19.6 Å². The molecule has 0 aliphatic carbocycles. The lowest BCUT2D eigenvalue weighted by Crippen LogP contribution is -2.52. The van der Waals surface area contributed by atoms with E-state index in [1.165, 1.54) is 11.1 Å². The van der Waals surface area contributed by atoms with Crippen molar-refractivity contribution in [3.8, 4) is 0 Å². The van der Waals surface area contributed by atoms with E-state index >= 15 is 0 Å². The first kappa shape index (κ1) is 16.8. The van der Waals surface area contributed by atoms with Crippen LogP contribution in [0.25, 0.3) is 0 Å². The second-order valence-corrected chi connectivity index (χ2v) is 6.88. The van der Waals surface area contributed by atoms with Gasteiger partial charge in [0.2, 0.25) is 0 Å². The number of piperazine rings is 1. The molecule has 3 rings (SSSR count). The van der Waals surface area contributed by atoms with Crippen LogP contribution in [-0.2, 0) is 0 Å². The van der Waals surface area contributed by atoms with E-state index in [1.54, 1.807) is 0 Å². The number of hydrogen-bond donors (Lipinski definition) is 1. The van der Waals surface area contributed by atoms with Crippen molar-refractivity contribution in [3.05, 3.63) is 69.7 Å². The summed E-state index contributed by atoms with van der Waals surface area (Å²) < 4.78 is 0. The normalized spacial score (nSPS) is 19.2. The summed E-state index contributed by atoms with van der Waals surface area (Å²) in [4.78, 5) is 2.60. The second kappa shape index (κ2) is 7.67. The SMILES string of the molecule is CC[C@@H]1CNCCN1C(c1ccc(Cl)cc1)c1ccc(Cl)cc1. The van der Waals surface area contributed by atoms with Crippen LogP contribution in [0.2, 0.25) is 10.0 Å². The minimum absolute atomic E-state index is 0.233. The van der Waals surface area contributed by atoms with Gasteiger partial charge in [-0.1, -0.05) is 54.4 Å². The predicted octanol–water partition coefficient (Wildman–Crippen LogP) is 4.77. The van der Waals surface area contributed by atoms with Gasteiger partial charge >= 0.3 is 0 Å². The predicted molar refractivity (Wildman–Crippen MR) is 98.4 cm³/mol. The Morgan fingerprint density at radius 1 is 1.00 bits per heavy atom. The van der Waals surface area contributed by atoms with Gasteiger partial charge in [0.05, 0.1) is 6.04 Å². The highest BCUT2D eigenvalue weighted by atomic mass is 35.5. The van der Waals surface area contributed by atoms with Gasteiger partial charge in [-0.25, -0.2) is 0 Å². The third-order valence-corrected chi connectivity index (χ3v) is 5.07. The highest BCUT2D eigenvalue weighted by Crippen LogP contribution is 2.33. The molecule has 2 aromatic carbocycles. The lowest BCUT2D eigenvalue weighted by Gasteiger charge is -2.41. The number of nitrogens with zero attached hydrogens (tertiary/aromatic N) is 1. The van der Waals surface area contributed by atoms with Crippen LogP contribution in [0.15, 0.2) is 48.5 Å². The van der Waals surface area contributed by atoms with E-state index in [0.717, 1.165) is 36.1 Å². The van der Waals surface area contributed by atoms with Crippen LogP contribution >= 0.6 is 23.2 Å². The zero-order valence-electron chi connectivity index (χ0n) is 13.3. The fourth-order valence-electron chi connectivity index (χ4n) is 3.36. The molecule has 23 heavy (non-hydrogen) atoms. The number of nitrogens with one attached hydrogen (secondary N) is 1. The molecule has 0 amide bonds. The minimum atomic E-state index is 0.233. The largest absolute Gasteiger partial charge is 0.314 e. The number of benzene rings is 2. The van der Waals surface area contributed by atoms with Gasteiger partial charge in [0.1, 0.15) is 0 Å². The lowest BCUT2D eigenvalue weighted by molar-refractivity contribution is 0.122. The summed E-state index contributed by atoms with van der Waals surface area (Å²) >= 11 is 12.2. The summed E-state index contributed by atoms with van der Waals surface area (Å²) in [6.45, 7) is 5.35. The molecule has 1 aliphatic rings. The zero-order valence-corrected chi connectivity index (χ0v) is 14.8. The Morgan fingerprint density at radius 3 is 2.00 bits per heavy atom. The Hall–Kier alpha value is -1.06. The molecule has 1 fully saturated rings. The van der Waals surface area contributed by atoms with Crippen molar-refractivity contribution in [2.24, 2.45) is 0 Å². The van der Waals surface area contributed by atoms with Crippen molar-refractivity contribution in [1.82, 2.24) is 10.2 Å². The Labute approximate surface area is 148 Å². The summed E-state index contributed by atoms with van der Waals surface area (Å²) in [6, 6.07) is 17.2. The maximum atomic E-state index is 6.08. The highest BCUT2D eigenvalue weighted by Gasteiger charge is 2.29. The van der Waals surface area contributed by atoms with Crippen molar-refractivity contribution in [3.63, 3.8) is 0 Å². The molecule has 0 spiro atoms. The maximum Gasteiger partial charge on any atom is 0.0605 e. The first-order chi connectivity index (χ1) is 11.2. The van der Waals surface area contributed by atoms with Gasteiger partial charge in [-0.05, 0) is 41.8 Å². The van der Waals surface area contributed by atoms with Crippen LogP contribution in [0.3, 0.4) is 0 Å². The van der Waals surface area contributed by atoms with Gasteiger partial charge < -0.3 is 5.32 Å². The second-order valence-electron chi connectivity index (χ2n) is 6.01. The third-order valence-electron chi connectivity index (χ3n) is 4.57. The fourth-order valence-corrected chi connectivity index (χ4v) is 3.61. The molecule has 0 saturated carbocycles. The Kier molecular flexibility index (Phi) is 5.60. The van der Waals surface area contributed by atoms with Crippen LogP contribution in [0.5, 0.6) is 0 Å². The van der Waals surface area contributed by atoms with Gasteiger partial charge in [-0.2, -0.15) is 0 Å². The molecule has 0 aromatic heterocycles. The Bertz CT molecular complexity index is 579. The first-order valence-electron chi connectivity index (χ1n) is 8.16. The van der Waals surface area contributed by atoms with Crippen molar-refractivity contribution < 1.29 is 0 Å². The topological polar surface area (TPSA) is 15.3 Å². The highest BCUT2D eigenvalue weighted by molar-refractivity contribution is 6.30. The molecule has 1 atom stereocenters. The first-order valence-corrected chi connectivity index (χ1v) is 8.92. The van der Waals surface area contributed by atoms with Gasteiger partial charge in [-0.3, -0.25) is 4.90 Å². The molecule has 4 heteroatoms. The molecule has 1 aliphatic heterocycles. The third kappa shape index (κ3) is 3.89. The summed E-state index contributed by atoms with van der Waals surface area (Å²) in [5, 5.41) is 5.06. The van der Waals surface area contributed by atoms with Crippen molar-refractivity contribution in [2.45, 2.75) is 25.4 Å². The molecule has 0 unspecified atom stereocenters. The molecular weight excluding hydrogens is 327 g/mol. The van der Waals surface area contributed by atoms with E-state index in [9.17, 15) is 0 Å². The average Bonchev–Trinajstić information content (AvgIpc) is 2.59. The van der Waals surface area contributed by atoms with E-state index in [-0.39, 0.29) is 6.04 Å². The summed E-state index contributed by atoms with van der Waals surface area (Å²) in [5.41, 5.74) is 2.55. The van der Waals surface area contributed by atoms with Crippen LogP contribution in [-0.4, -0.2) is 30.6 Å². The molecule has 2 nitrogen and oxygen atoms in total. The lowest BCUT2D eigenvalue weighted by atomic mass is 9.94. The molecule has 1 N–H and O–H groups in total. The van der Waals surface area contributed by atoms with E-state index in [1.807, 2.05) is 24.3 Å². The van der Waals surface area contributed by atoms with Crippen molar-refractivity contribution in [1.29, 1.82) is 0 Å². The van der Waals surface area contributed by atoms with Gasteiger partial charge in [0.25, 0.3) is 0 Å². The smallest absolute Gasteiger partial charge is 0.0605 e. The number of halogens is 2. The van der Waals surface area contributed by atoms with E-state index < -0.39 is 0 Å². The van der Waals surface area contributed by atoms with Crippen LogP contribution < -0.4 is 5.32 Å². The summed E-state index contributed by atoms with van der Waals surface area (Å²) in [7, 11) is 0. The van der Waals surface area contributed by atoms with Gasteiger partial charge in [0, 0.05) is 35.7 Å². The molecule has 1 heterocycles.